The average molecular weight is 445 g/mol. The van der Waals surface area contributed by atoms with Crippen LogP contribution in [0.5, 0.6) is 0 Å². The predicted octanol–water partition coefficient (Wildman–Crippen LogP) is 3.72. The van der Waals surface area contributed by atoms with Crippen LogP contribution in [0, 0.1) is 18.8 Å². The zero-order valence-electron chi connectivity index (χ0n) is 18.0. The van der Waals surface area contributed by atoms with Crippen molar-refractivity contribution in [3.63, 3.8) is 0 Å². The topological polar surface area (TPSA) is 68.8 Å². The van der Waals surface area contributed by atoms with Crippen molar-refractivity contribution in [1.29, 1.82) is 0 Å². The van der Waals surface area contributed by atoms with E-state index in [2.05, 4.69) is 32.8 Å². The van der Waals surface area contributed by atoms with Crippen molar-refractivity contribution in [2.75, 3.05) is 12.3 Å². The lowest BCUT2D eigenvalue weighted by atomic mass is 10.1. The second kappa shape index (κ2) is 7.48. The fourth-order valence-corrected chi connectivity index (χ4v) is 6.12. The van der Waals surface area contributed by atoms with Gasteiger partial charge in [-0.1, -0.05) is 35.5 Å². The highest BCUT2D eigenvalue weighted by Crippen LogP contribution is 2.51. The molecule has 0 bridgehead atoms. The molecule has 1 amide bonds. The van der Waals surface area contributed by atoms with Crippen LogP contribution in [0.15, 0.2) is 60.0 Å². The molecule has 1 saturated carbocycles. The summed E-state index contributed by atoms with van der Waals surface area (Å²) in [6, 6.07) is 14.3. The second-order valence-corrected chi connectivity index (χ2v) is 9.76. The lowest BCUT2D eigenvalue weighted by Gasteiger charge is -2.28. The number of thioether (sulfide) groups is 1. The predicted molar refractivity (Wildman–Crippen MR) is 124 cm³/mol. The first-order valence-corrected chi connectivity index (χ1v) is 11.9. The molecule has 7 nitrogen and oxygen atoms in total. The van der Waals surface area contributed by atoms with Crippen molar-refractivity contribution in [3.05, 3.63) is 66.0 Å². The van der Waals surface area contributed by atoms with Gasteiger partial charge in [0.05, 0.1) is 34.7 Å². The van der Waals surface area contributed by atoms with Crippen LogP contribution in [0.25, 0.3) is 16.7 Å². The average Bonchev–Trinajstić information content (AvgIpc) is 3.14. The molecule has 1 saturated heterocycles. The molecule has 0 N–H and O–H groups in total. The number of likely N-dealkylation sites (tertiary alicyclic amines) is 1. The largest absolute Gasteiger partial charge is 0.334 e. The molecule has 32 heavy (non-hydrogen) atoms. The monoisotopic (exact) mass is 444 g/mol. The molecular weight excluding hydrogens is 420 g/mol. The fourth-order valence-electron chi connectivity index (χ4n) is 4.92. The van der Waals surface area contributed by atoms with E-state index in [1.54, 1.807) is 24.2 Å². The van der Waals surface area contributed by atoms with E-state index in [-0.39, 0.29) is 11.9 Å². The number of amides is 1. The van der Waals surface area contributed by atoms with E-state index >= 15 is 0 Å². The molecule has 2 aliphatic rings. The third-order valence-corrected chi connectivity index (χ3v) is 7.84. The zero-order chi connectivity index (χ0) is 21.8. The molecule has 6 rings (SSSR count). The molecule has 1 aliphatic heterocycles. The lowest BCUT2D eigenvalue weighted by Crippen LogP contribution is -2.40. The molecule has 4 aromatic rings. The molecule has 3 unspecified atom stereocenters. The summed E-state index contributed by atoms with van der Waals surface area (Å²) >= 11 is 1.75. The van der Waals surface area contributed by atoms with E-state index in [9.17, 15) is 4.79 Å². The Balaban J connectivity index is 1.27. The van der Waals surface area contributed by atoms with Gasteiger partial charge < -0.3 is 9.47 Å². The SMILES string of the molecule is Cc1ccc(-n2nccn2)c(C(=O)N2CC3CC3C2CSc2nc3ccccc3n2C)c1. The normalized spacial score (nSPS) is 21.8. The summed E-state index contributed by atoms with van der Waals surface area (Å²) in [5, 5.41) is 9.51. The highest BCUT2D eigenvalue weighted by Gasteiger charge is 2.54. The number of benzene rings is 2. The van der Waals surface area contributed by atoms with Crippen LogP contribution in [0.2, 0.25) is 0 Å². The van der Waals surface area contributed by atoms with Crippen molar-refractivity contribution >= 4 is 28.7 Å². The minimum Gasteiger partial charge on any atom is -0.334 e. The molecule has 1 aliphatic carbocycles. The van der Waals surface area contributed by atoms with Crippen LogP contribution >= 0.6 is 11.8 Å². The van der Waals surface area contributed by atoms with E-state index in [1.807, 2.05) is 43.3 Å². The van der Waals surface area contributed by atoms with E-state index in [0.717, 1.165) is 39.7 Å². The van der Waals surface area contributed by atoms with E-state index < -0.39 is 0 Å². The Labute approximate surface area is 190 Å². The minimum atomic E-state index is 0.0730. The number of carbonyl (C=O) groups is 1. The number of para-hydroxylation sites is 2. The summed E-state index contributed by atoms with van der Waals surface area (Å²) in [4.78, 5) is 22.2. The first kappa shape index (κ1) is 19.5. The number of hydrogen-bond donors (Lipinski definition) is 0. The first-order chi connectivity index (χ1) is 15.6. The van der Waals surface area contributed by atoms with Crippen LogP contribution in [0.4, 0.5) is 0 Å². The lowest BCUT2D eigenvalue weighted by molar-refractivity contribution is 0.0722. The number of imidazole rings is 1. The van der Waals surface area contributed by atoms with E-state index in [0.29, 0.717) is 17.4 Å². The van der Waals surface area contributed by atoms with Crippen LogP contribution in [0.3, 0.4) is 0 Å². The van der Waals surface area contributed by atoms with Crippen molar-refractivity contribution in [2.24, 2.45) is 18.9 Å². The molecule has 8 heteroatoms. The van der Waals surface area contributed by atoms with Gasteiger partial charge in [0, 0.05) is 25.4 Å². The summed E-state index contributed by atoms with van der Waals surface area (Å²) in [6.45, 7) is 2.84. The highest BCUT2D eigenvalue weighted by atomic mass is 32.2. The Morgan fingerprint density at radius 2 is 1.97 bits per heavy atom. The molecule has 2 fully saturated rings. The van der Waals surface area contributed by atoms with Crippen LogP contribution in [-0.4, -0.2) is 53.7 Å². The highest BCUT2D eigenvalue weighted by molar-refractivity contribution is 7.99. The Morgan fingerprint density at radius 3 is 2.78 bits per heavy atom. The van der Waals surface area contributed by atoms with Crippen molar-refractivity contribution < 1.29 is 4.79 Å². The summed E-state index contributed by atoms with van der Waals surface area (Å²) in [7, 11) is 2.06. The Morgan fingerprint density at radius 1 is 1.16 bits per heavy atom. The molecular formula is C24H24N6OS. The van der Waals surface area contributed by atoms with Crippen LogP contribution in [0.1, 0.15) is 22.3 Å². The standard InChI is InChI=1S/C24H24N6OS/c1-15-7-8-20(30-25-9-10-26-30)18(11-15)23(31)29-13-16-12-17(16)22(29)14-32-24-27-19-5-3-4-6-21(19)28(24)2/h3-11,16-17,22H,12-14H2,1-2H3. The smallest absolute Gasteiger partial charge is 0.256 e. The third kappa shape index (κ3) is 3.21. The van der Waals surface area contributed by atoms with Gasteiger partial charge >= 0.3 is 0 Å². The number of nitrogens with zero attached hydrogens (tertiary/aromatic N) is 6. The number of aryl methyl sites for hydroxylation is 2. The van der Waals surface area contributed by atoms with Gasteiger partial charge in [0.25, 0.3) is 5.91 Å². The summed E-state index contributed by atoms with van der Waals surface area (Å²) in [6.07, 6.45) is 4.49. The molecule has 2 aromatic heterocycles. The number of rotatable bonds is 5. The Kier molecular flexibility index (Phi) is 4.57. The number of carbonyl (C=O) groups excluding carboxylic acids is 1. The van der Waals surface area contributed by atoms with Crippen LogP contribution < -0.4 is 0 Å². The Hall–Kier alpha value is -3.13. The van der Waals surface area contributed by atoms with Crippen molar-refractivity contribution in [1.82, 2.24) is 29.4 Å². The van der Waals surface area contributed by atoms with Crippen molar-refractivity contribution in [3.8, 4) is 5.69 Å². The number of fused-ring (bicyclic) bond motifs is 2. The number of hydrogen-bond acceptors (Lipinski definition) is 5. The number of aromatic nitrogens is 5. The summed E-state index contributed by atoms with van der Waals surface area (Å²) < 4.78 is 2.15. The molecule has 3 atom stereocenters. The molecule has 162 valence electrons. The van der Waals surface area contributed by atoms with Crippen LogP contribution in [-0.2, 0) is 7.05 Å². The molecule has 0 radical (unpaired) electrons. The molecule has 0 spiro atoms. The summed E-state index contributed by atoms with van der Waals surface area (Å²) in [5.41, 5.74) is 4.60. The van der Waals surface area contributed by atoms with Gasteiger partial charge in [0.1, 0.15) is 0 Å². The van der Waals surface area contributed by atoms with Gasteiger partial charge in [-0.2, -0.15) is 15.0 Å². The zero-order valence-corrected chi connectivity index (χ0v) is 18.9. The second-order valence-electron chi connectivity index (χ2n) is 8.78. The molecule has 2 aromatic carbocycles. The van der Waals surface area contributed by atoms with Gasteiger partial charge in [0.2, 0.25) is 0 Å². The van der Waals surface area contributed by atoms with Gasteiger partial charge in [-0.25, -0.2) is 4.98 Å². The first-order valence-electron chi connectivity index (χ1n) is 10.9. The maximum atomic E-state index is 13.7. The van der Waals surface area contributed by atoms with Crippen molar-refractivity contribution in [2.45, 2.75) is 24.5 Å². The number of piperidine rings is 1. The van der Waals surface area contributed by atoms with Gasteiger partial charge in [-0.05, 0) is 49.4 Å². The van der Waals surface area contributed by atoms with Gasteiger partial charge in [-0.3, -0.25) is 4.79 Å². The maximum Gasteiger partial charge on any atom is 0.256 e. The molecule has 3 heterocycles. The Bertz CT molecular complexity index is 1310. The maximum absolute atomic E-state index is 13.7. The van der Waals surface area contributed by atoms with E-state index in [4.69, 9.17) is 4.98 Å². The summed E-state index contributed by atoms with van der Waals surface area (Å²) in [5.74, 6) is 2.15. The van der Waals surface area contributed by atoms with Gasteiger partial charge in [0.15, 0.2) is 5.16 Å². The minimum absolute atomic E-state index is 0.0730. The quantitative estimate of drug-likeness (QED) is 0.439. The van der Waals surface area contributed by atoms with E-state index in [1.165, 1.54) is 11.2 Å². The fraction of sp³-hybridized carbons (Fsp3) is 0.333. The van der Waals surface area contributed by atoms with Gasteiger partial charge in [-0.15, -0.1) is 0 Å². The third-order valence-electron chi connectivity index (χ3n) is 6.71.